The maximum Gasteiger partial charge on any atom is 0.119 e. The molecule has 0 bridgehead atoms. The lowest BCUT2D eigenvalue weighted by Gasteiger charge is -2.32. The minimum absolute atomic E-state index is 0.988. The Bertz CT molecular complexity index is 441. The van der Waals surface area contributed by atoms with E-state index in [1.807, 2.05) is 0 Å². The molecule has 0 saturated carbocycles. The average Bonchev–Trinajstić information content (AvgIpc) is 2.53. The van der Waals surface area contributed by atoms with E-state index < -0.39 is 0 Å². The Morgan fingerprint density at radius 2 is 1.75 bits per heavy atom. The van der Waals surface area contributed by atoms with Crippen LogP contribution in [0.15, 0.2) is 18.2 Å². The summed E-state index contributed by atoms with van der Waals surface area (Å²) < 4.78 is 5.34. The van der Waals surface area contributed by atoms with Gasteiger partial charge in [-0.3, -0.25) is 4.90 Å². The van der Waals surface area contributed by atoms with Crippen molar-refractivity contribution in [2.75, 3.05) is 39.8 Å². The molecular weight excluding hydrogens is 248 g/mol. The largest absolute Gasteiger partial charge is 0.497 e. The summed E-state index contributed by atoms with van der Waals surface area (Å²) in [5.74, 6) is 0.988. The van der Waals surface area contributed by atoms with Gasteiger partial charge in [0.15, 0.2) is 0 Å². The lowest BCUT2D eigenvalue weighted by molar-refractivity contribution is 0.173. The average molecular weight is 274 g/mol. The predicted molar refractivity (Wildman–Crippen MR) is 82.3 cm³/mol. The van der Waals surface area contributed by atoms with Gasteiger partial charge in [0, 0.05) is 26.2 Å². The number of piperidine rings is 1. The van der Waals surface area contributed by atoms with Crippen molar-refractivity contribution in [2.45, 2.75) is 32.2 Å². The number of benzene rings is 1. The number of ether oxygens (including phenoxy) is 1. The molecule has 2 aliphatic rings. The molecule has 3 heteroatoms. The first-order valence-corrected chi connectivity index (χ1v) is 7.95. The van der Waals surface area contributed by atoms with E-state index in [0.717, 1.165) is 12.3 Å². The topological polar surface area (TPSA) is 15.7 Å². The highest BCUT2D eigenvalue weighted by Gasteiger charge is 2.18. The van der Waals surface area contributed by atoms with Gasteiger partial charge in [0.05, 0.1) is 7.11 Å². The van der Waals surface area contributed by atoms with Crippen molar-refractivity contribution in [1.29, 1.82) is 0 Å². The number of hydrogen-bond acceptors (Lipinski definition) is 3. The number of methoxy groups -OCH3 is 1. The summed E-state index contributed by atoms with van der Waals surface area (Å²) >= 11 is 0. The molecule has 1 aromatic carbocycles. The van der Waals surface area contributed by atoms with Crippen LogP contribution < -0.4 is 4.74 Å². The summed E-state index contributed by atoms with van der Waals surface area (Å²) in [5, 5.41) is 0. The van der Waals surface area contributed by atoms with E-state index in [2.05, 4.69) is 28.0 Å². The summed E-state index contributed by atoms with van der Waals surface area (Å²) in [7, 11) is 1.75. The van der Waals surface area contributed by atoms with E-state index in [0.29, 0.717) is 0 Å². The molecule has 0 unspecified atom stereocenters. The zero-order chi connectivity index (χ0) is 13.8. The zero-order valence-corrected chi connectivity index (χ0v) is 12.6. The van der Waals surface area contributed by atoms with Gasteiger partial charge in [0.2, 0.25) is 0 Å². The van der Waals surface area contributed by atoms with E-state index in [1.54, 1.807) is 7.11 Å². The fraction of sp³-hybridized carbons (Fsp3) is 0.647. The van der Waals surface area contributed by atoms with Crippen LogP contribution in [0.5, 0.6) is 5.75 Å². The van der Waals surface area contributed by atoms with Crippen molar-refractivity contribution < 1.29 is 4.74 Å². The molecule has 3 rings (SSSR count). The summed E-state index contributed by atoms with van der Waals surface area (Å²) in [6.45, 7) is 7.33. The van der Waals surface area contributed by atoms with E-state index in [-0.39, 0.29) is 0 Å². The van der Waals surface area contributed by atoms with Gasteiger partial charge in [-0.25, -0.2) is 0 Å². The van der Waals surface area contributed by atoms with Crippen molar-refractivity contribution in [3.63, 3.8) is 0 Å². The molecule has 3 nitrogen and oxygen atoms in total. The molecular formula is C17H26N2O. The normalized spacial score (nSPS) is 20.6. The van der Waals surface area contributed by atoms with Crippen LogP contribution >= 0.6 is 0 Å². The monoisotopic (exact) mass is 274 g/mol. The van der Waals surface area contributed by atoms with Gasteiger partial charge in [-0.15, -0.1) is 0 Å². The Labute approximate surface area is 122 Å². The number of fused-ring (bicyclic) bond motifs is 1. The molecule has 0 atom stereocenters. The highest BCUT2D eigenvalue weighted by molar-refractivity contribution is 5.37. The van der Waals surface area contributed by atoms with Crippen LogP contribution in [0.25, 0.3) is 0 Å². The first-order chi connectivity index (χ1) is 9.85. The van der Waals surface area contributed by atoms with Crippen molar-refractivity contribution >= 4 is 0 Å². The standard InChI is InChI=1S/C17H26N2O/c1-20-17-6-5-15-7-10-19(14-16(15)13-17)12-11-18-8-3-2-4-9-18/h5-6,13H,2-4,7-12,14H2,1H3. The molecule has 0 amide bonds. The molecule has 0 N–H and O–H groups in total. The summed E-state index contributed by atoms with van der Waals surface area (Å²) in [5.41, 5.74) is 2.95. The predicted octanol–water partition coefficient (Wildman–Crippen LogP) is 2.54. The first-order valence-electron chi connectivity index (χ1n) is 7.95. The van der Waals surface area contributed by atoms with Gasteiger partial charge in [-0.05, 0) is 55.6 Å². The molecule has 110 valence electrons. The number of rotatable bonds is 4. The Balaban J connectivity index is 1.54. The first kappa shape index (κ1) is 13.9. The van der Waals surface area contributed by atoms with E-state index in [1.165, 1.54) is 69.5 Å². The van der Waals surface area contributed by atoms with Crippen molar-refractivity contribution in [3.05, 3.63) is 29.3 Å². The van der Waals surface area contributed by atoms with Crippen LogP contribution in [0.3, 0.4) is 0 Å². The second-order valence-corrected chi connectivity index (χ2v) is 6.06. The SMILES string of the molecule is COc1ccc2c(c1)CN(CCN1CCCCC1)CC2. The van der Waals surface area contributed by atoms with Gasteiger partial charge in [0.1, 0.15) is 5.75 Å². The maximum atomic E-state index is 5.34. The third-order valence-corrected chi connectivity index (χ3v) is 4.69. The van der Waals surface area contributed by atoms with E-state index in [4.69, 9.17) is 4.74 Å². The molecule has 2 heterocycles. The second kappa shape index (κ2) is 6.59. The minimum Gasteiger partial charge on any atom is -0.497 e. The maximum absolute atomic E-state index is 5.34. The number of likely N-dealkylation sites (tertiary alicyclic amines) is 1. The van der Waals surface area contributed by atoms with Gasteiger partial charge in [-0.1, -0.05) is 12.5 Å². The van der Waals surface area contributed by atoms with Crippen LogP contribution in [0.2, 0.25) is 0 Å². The van der Waals surface area contributed by atoms with Crippen LogP contribution in [0.4, 0.5) is 0 Å². The third-order valence-electron chi connectivity index (χ3n) is 4.69. The van der Waals surface area contributed by atoms with Gasteiger partial charge >= 0.3 is 0 Å². The lowest BCUT2D eigenvalue weighted by Crippen LogP contribution is -2.39. The zero-order valence-electron chi connectivity index (χ0n) is 12.6. The highest BCUT2D eigenvalue weighted by Crippen LogP contribution is 2.23. The van der Waals surface area contributed by atoms with Gasteiger partial charge in [0.25, 0.3) is 0 Å². The summed E-state index contributed by atoms with van der Waals surface area (Å²) in [4.78, 5) is 5.22. The van der Waals surface area contributed by atoms with Crippen molar-refractivity contribution in [1.82, 2.24) is 9.80 Å². The molecule has 0 radical (unpaired) electrons. The minimum atomic E-state index is 0.988. The molecule has 1 aromatic rings. The van der Waals surface area contributed by atoms with Gasteiger partial charge < -0.3 is 9.64 Å². The van der Waals surface area contributed by atoms with E-state index >= 15 is 0 Å². The van der Waals surface area contributed by atoms with Gasteiger partial charge in [-0.2, -0.15) is 0 Å². The Morgan fingerprint density at radius 1 is 0.950 bits per heavy atom. The van der Waals surface area contributed by atoms with E-state index in [9.17, 15) is 0 Å². The molecule has 1 fully saturated rings. The van der Waals surface area contributed by atoms with Crippen molar-refractivity contribution in [2.24, 2.45) is 0 Å². The highest BCUT2D eigenvalue weighted by atomic mass is 16.5. The molecule has 20 heavy (non-hydrogen) atoms. The summed E-state index contributed by atoms with van der Waals surface area (Å²) in [6, 6.07) is 6.53. The fourth-order valence-corrected chi connectivity index (χ4v) is 3.38. The third kappa shape index (κ3) is 3.33. The molecule has 0 aromatic heterocycles. The Kier molecular flexibility index (Phi) is 4.58. The van der Waals surface area contributed by atoms with Crippen LogP contribution in [-0.2, 0) is 13.0 Å². The Morgan fingerprint density at radius 3 is 2.55 bits per heavy atom. The quantitative estimate of drug-likeness (QED) is 0.839. The molecule has 1 saturated heterocycles. The fourth-order valence-electron chi connectivity index (χ4n) is 3.38. The smallest absolute Gasteiger partial charge is 0.119 e. The molecule has 0 aliphatic carbocycles. The molecule has 0 spiro atoms. The second-order valence-electron chi connectivity index (χ2n) is 6.06. The molecule has 2 aliphatic heterocycles. The number of nitrogens with zero attached hydrogens (tertiary/aromatic N) is 2. The van der Waals surface area contributed by atoms with Crippen LogP contribution in [0, 0.1) is 0 Å². The van der Waals surface area contributed by atoms with Crippen LogP contribution in [-0.4, -0.2) is 49.6 Å². The number of hydrogen-bond donors (Lipinski definition) is 0. The van der Waals surface area contributed by atoms with Crippen molar-refractivity contribution in [3.8, 4) is 5.75 Å². The Hall–Kier alpha value is -1.06. The lowest BCUT2D eigenvalue weighted by atomic mass is 9.99. The summed E-state index contributed by atoms with van der Waals surface area (Å²) in [6.07, 6.45) is 5.38. The van der Waals surface area contributed by atoms with Crippen LogP contribution in [0.1, 0.15) is 30.4 Å².